The SMILES string of the molecule is CC(C)OC(=O)NC1CC2CCC1C2. The number of carbonyl (C=O) groups is 1. The van der Waals surface area contributed by atoms with E-state index in [4.69, 9.17) is 4.74 Å². The molecule has 0 aromatic carbocycles. The monoisotopic (exact) mass is 197 g/mol. The predicted octanol–water partition coefficient (Wildman–Crippen LogP) is 2.31. The third-order valence-electron chi connectivity index (χ3n) is 3.38. The van der Waals surface area contributed by atoms with E-state index in [1.54, 1.807) is 0 Å². The van der Waals surface area contributed by atoms with E-state index >= 15 is 0 Å². The van der Waals surface area contributed by atoms with Crippen molar-refractivity contribution in [2.24, 2.45) is 11.8 Å². The average Bonchev–Trinajstić information content (AvgIpc) is 2.62. The van der Waals surface area contributed by atoms with Crippen LogP contribution in [-0.2, 0) is 4.74 Å². The Morgan fingerprint density at radius 2 is 2.14 bits per heavy atom. The van der Waals surface area contributed by atoms with Crippen molar-refractivity contribution in [2.45, 2.75) is 51.7 Å². The van der Waals surface area contributed by atoms with E-state index in [1.807, 2.05) is 13.8 Å². The minimum atomic E-state index is -0.238. The third-order valence-corrected chi connectivity index (χ3v) is 3.38. The fourth-order valence-electron chi connectivity index (χ4n) is 2.82. The highest BCUT2D eigenvalue weighted by Crippen LogP contribution is 2.44. The lowest BCUT2D eigenvalue weighted by Crippen LogP contribution is -2.39. The summed E-state index contributed by atoms with van der Waals surface area (Å²) in [6.45, 7) is 3.75. The fourth-order valence-corrected chi connectivity index (χ4v) is 2.82. The normalized spacial score (nSPS) is 34.9. The molecule has 0 aliphatic heterocycles. The summed E-state index contributed by atoms with van der Waals surface area (Å²) >= 11 is 0. The largest absolute Gasteiger partial charge is 0.447 e. The van der Waals surface area contributed by atoms with Gasteiger partial charge in [0, 0.05) is 6.04 Å². The molecule has 0 saturated heterocycles. The van der Waals surface area contributed by atoms with Gasteiger partial charge >= 0.3 is 6.09 Å². The molecule has 2 bridgehead atoms. The van der Waals surface area contributed by atoms with Gasteiger partial charge in [0.05, 0.1) is 6.10 Å². The molecule has 2 aliphatic rings. The van der Waals surface area contributed by atoms with Gasteiger partial charge in [-0.2, -0.15) is 0 Å². The van der Waals surface area contributed by atoms with Crippen LogP contribution in [0.1, 0.15) is 39.5 Å². The minimum absolute atomic E-state index is 0.0198. The van der Waals surface area contributed by atoms with Crippen molar-refractivity contribution in [3.63, 3.8) is 0 Å². The van der Waals surface area contributed by atoms with E-state index in [2.05, 4.69) is 5.32 Å². The highest BCUT2D eigenvalue weighted by molar-refractivity contribution is 5.67. The van der Waals surface area contributed by atoms with E-state index in [9.17, 15) is 4.79 Å². The van der Waals surface area contributed by atoms with Crippen LogP contribution in [0.15, 0.2) is 0 Å². The van der Waals surface area contributed by atoms with E-state index in [0.717, 1.165) is 18.3 Å². The van der Waals surface area contributed by atoms with Crippen molar-refractivity contribution in [3.05, 3.63) is 0 Å². The Morgan fingerprint density at radius 3 is 2.64 bits per heavy atom. The second-order valence-corrected chi connectivity index (χ2v) is 4.88. The van der Waals surface area contributed by atoms with Crippen molar-refractivity contribution < 1.29 is 9.53 Å². The van der Waals surface area contributed by atoms with Gasteiger partial charge in [-0.15, -0.1) is 0 Å². The van der Waals surface area contributed by atoms with E-state index < -0.39 is 0 Å². The van der Waals surface area contributed by atoms with Crippen LogP contribution in [0, 0.1) is 11.8 Å². The van der Waals surface area contributed by atoms with Gasteiger partial charge in [0.15, 0.2) is 0 Å². The molecule has 2 saturated carbocycles. The highest BCUT2D eigenvalue weighted by atomic mass is 16.6. The van der Waals surface area contributed by atoms with Crippen LogP contribution in [0.25, 0.3) is 0 Å². The van der Waals surface area contributed by atoms with Gasteiger partial charge in [-0.3, -0.25) is 0 Å². The van der Waals surface area contributed by atoms with Gasteiger partial charge in [-0.05, 0) is 44.9 Å². The van der Waals surface area contributed by atoms with Crippen LogP contribution in [0.3, 0.4) is 0 Å². The standard InChI is InChI=1S/C11H19NO2/c1-7(2)14-11(13)12-10-6-8-3-4-9(10)5-8/h7-10H,3-6H2,1-2H3,(H,12,13). The summed E-state index contributed by atoms with van der Waals surface area (Å²) in [5, 5.41) is 2.98. The molecule has 0 heterocycles. The second kappa shape index (κ2) is 3.79. The highest BCUT2D eigenvalue weighted by Gasteiger charge is 2.40. The van der Waals surface area contributed by atoms with Crippen molar-refractivity contribution in [2.75, 3.05) is 0 Å². The fraction of sp³-hybridized carbons (Fsp3) is 0.909. The lowest BCUT2D eigenvalue weighted by Gasteiger charge is -2.23. The summed E-state index contributed by atoms with van der Waals surface area (Å²) in [4.78, 5) is 11.4. The number of alkyl carbamates (subject to hydrolysis) is 1. The molecule has 0 aromatic rings. The maximum atomic E-state index is 11.4. The van der Waals surface area contributed by atoms with Gasteiger partial charge in [0.1, 0.15) is 0 Å². The molecular weight excluding hydrogens is 178 g/mol. The molecule has 80 valence electrons. The number of fused-ring (bicyclic) bond motifs is 2. The minimum Gasteiger partial charge on any atom is -0.447 e. The molecule has 0 aromatic heterocycles. The van der Waals surface area contributed by atoms with Gasteiger partial charge in [-0.1, -0.05) is 6.42 Å². The number of hydrogen-bond donors (Lipinski definition) is 1. The summed E-state index contributed by atoms with van der Waals surface area (Å²) in [6, 6.07) is 0.389. The molecular formula is C11H19NO2. The molecule has 2 fully saturated rings. The lowest BCUT2D eigenvalue weighted by atomic mass is 9.96. The third kappa shape index (κ3) is 2.02. The summed E-state index contributed by atoms with van der Waals surface area (Å²) in [5.41, 5.74) is 0. The quantitative estimate of drug-likeness (QED) is 0.737. The number of carbonyl (C=O) groups excluding carboxylic acids is 1. The number of rotatable bonds is 2. The maximum absolute atomic E-state index is 11.4. The Kier molecular flexibility index (Phi) is 2.66. The molecule has 1 N–H and O–H groups in total. The van der Waals surface area contributed by atoms with Crippen LogP contribution in [0.4, 0.5) is 4.79 Å². The zero-order chi connectivity index (χ0) is 10.1. The van der Waals surface area contributed by atoms with Crippen molar-refractivity contribution in [1.82, 2.24) is 5.32 Å². The van der Waals surface area contributed by atoms with Gasteiger partial charge in [0.25, 0.3) is 0 Å². The van der Waals surface area contributed by atoms with Gasteiger partial charge < -0.3 is 10.1 Å². The number of amides is 1. The van der Waals surface area contributed by atoms with E-state index in [-0.39, 0.29) is 12.2 Å². The predicted molar refractivity (Wildman–Crippen MR) is 54.0 cm³/mol. The first kappa shape index (κ1) is 9.81. The zero-order valence-corrected chi connectivity index (χ0v) is 8.95. The molecule has 0 radical (unpaired) electrons. The Balaban J connectivity index is 1.78. The molecule has 14 heavy (non-hydrogen) atoms. The number of ether oxygens (including phenoxy) is 1. The topological polar surface area (TPSA) is 38.3 Å². The average molecular weight is 197 g/mol. The first-order chi connectivity index (χ1) is 6.65. The van der Waals surface area contributed by atoms with Gasteiger partial charge in [0.2, 0.25) is 0 Å². The molecule has 3 nitrogen and oxygen atoms in total. The molecule has 1 amide bonds. The van der Waals surface area contributed by atoms with Crippen LogP contribution in [0.5, 0.6) is 0 Å². The first-order valence-corrected chi connectivity index (χ1v) is 5.62. The second-order valence-electron chi connectivity index (χ2n) is 4.88. The number of nitrogens with one attached hydrogen (secondary N) is 1. The lowest BCUT2D eigenvalue weighted by molar-refractivity contribution is 0.109. The van der Waals surface area contributed by atoms with Crippen LogP contribution in [-0.4, -0.2) is 18.2 Å². The number of hydrogen-bond acceptors (Lipinski definition) is 2. The molecule has 3 heteroatoms. The summed E-state index contributed by atoms with van der Waals surface area (Å²) in [7, 11) is 0. The van der Waals surface area contributed by atoms with E-state index in [1.165, 1.54) is 19.3 Å². The summed E-state index contributed by atoms with van der Waals surface area (Å²) in [6.07, 6.45) is 4.87. The first-order valence-electron chi connectivity index (χ1n) is 5.62. The molecule has 0 spiro atoms. The van der Waals surface area contributed by atoms with E-state index in [0.29, 0.717) is 6.04 Å². The van der Waals surface area contributed by atoms with Gasteiger partial charge in [-0.25, -0.2) is 4.79 Å². The molecule has 3 unspecified atom stereocenters. The molecule has 2 aliphatic carbocycles. The smallest absolute Gasteiger partial charge is 0.407 e. The van der Waals surface area contributed by atoms with Crippen molar-refractivity contribution in [1.29, 1.82) is 0 Å². The van der Waals surface area contributed by atoms with Crippen molar-refractivity contribution >= 4 is 6.09 Å². The van der Waals surface area contributed by atoms with Crippen molar-refractivity contribution in [3.8, 4) is 0 Å². The Morgan fingerprint density at radius 1 is 1.36 bits per heavy atom. The van der Waals surface area contributed by atoms with Crippen LogP contribution >= 0.6 is 0 Å². The Labute approximate surface area is 85.2 Å². The molecule has 3 atom stereocenters. The molecule has 2 rings (SSSR count). The Bertz CT molecular complexity index is 227. The Hall–Kier alpha value is -0.730. The maximum Gasteiger partial charge on any atom is 0.407 e. The van der Waals surface area contributed by atoms with Crippen LogP contribution < -0.4 is 5.32 Å². The zero-order valence-electron chi connectivity index (χ0n) is 8.95. The van der Waals surface area contributed by atoms with Crippen LogP contribution in [0.2, 0.25) is 0 Å². The summed E-state index contributed by atoms with van der Waals surface area (Å²) < 4.78 is 5.07. The summed E-state index contributed by atoms with van der Waals surface area (Å²) in [5.74, 6) is 1.59.